The van der Waals surface area contributed by atoms with Crippen LogP contribution in [0.25, 0.3) is 0 Å². The van der Waals surface area contributed by atoms with Crippen molar-refractivity contribution in [3.8, 4) is 0 Å². The van der Waals surface area contributed by atoms with Crippen molar-refractivity contribution in [2.45, 2.75) is 6.42 Å². The van der Waals surface area contributed by atoms with Gasteiger partial charge in [-0.15, -0.1) is 0 Å². The fourth-order valence-corrected chi connectivity index (χ4v) is 2.17. The summed E-state index contributed by atoms with van der Waals surface area (Å²) in [6.07, 6.45) is 2.73. The summed E-state index contributed by atoms with van der Waals surface area (Å²) in [4.78, 5) is 27.6. The molecular formula is C14H9BrFNO2. The van der Waals surface area contributed by atoms with Crippen molar-refractivity contribution in [1.29, 1.82) is 0 Å². The minimum Gasteiger partial charge on any atom is -0.294 e. The van der Waals surface area contributed by atoms with Gasteiger partial charge in [0, 0.05) is 28.0 Å². The van der Waals surface area contributed by atoms with Gasteiger partial charge >= 0.3 is 0 Å². The molecule has 0 amide bonds. The van der Waals surface area contributed by atoms with Crippen LogP contribution in [0.2, 0.25) is 0 Å². The predicted molar refractivity (Wildman–Crippen MR) is 71.6 cm³/mol. The van der Waals surface area contributed by atoms with Crippen LogP contribution in [0.3, 0.4) is 0 Å². The molecule has 1 aromatic heterocycles. The maximum absolute atomic E-state index is 12.9. The van der Waals surface area contributed by atoms with Gasteiger partial charge in [0.1, 0.15) is 5.82 Å². The molecule has 0 N–H and O–H groups in total. The lowest BCUT2D eigenvalue weighted by Crippen LogP contribution is -2.09. The normalized spacial score (nSPS) is 10.2. The van der Waals surface area contributed by atoms with Gasteiger partial charge in [-0.3, -0.25) is 14.6 Å². The van der Waals surface area contributed by atoms with Crippen molar-refractivity contribution >= 4 is 27.5 Å². The monoisotopic (exact) mass is 321 g/mol. The average molecular weight is 322 g/mol. The lowest BCUT2D eigenvalue weighted by molar-refractivity contribution is 0.0894. The van der Waals surface area contributed by atoms with Gasteiger partial charge in [-0.1, -0.05) is 0 Å². The number of halogens is 2. The SMILES string of the molecule is O=C(CC(=O)c1ccc(F)cc1Br)c1ccncc1. The Bertz CT molecular complexity index is 629. The summed E-state index contributed by atoms with van der Waals surface area (Å²) in [5.74, 6) is -1.08. The fourth-order valence-electron chi connectivity index (χ4n) is 1.60. The van der Waals surface area contributed by atoms with Gasteiger partial charge in [0.25, 0.3) is 0 Å². The van der Waals surface area contributed by atoms with Crippen LogP contribution in [0.4, 0.5) is 4.39 Å². The van der Waals surface area contributed by atoms with Gasteiger partial charge in [-0.05, 0) is 46.3 Å². The number of benzene rings is 1. The molecule has 0 aliphatic carbocycles. The minimum atomic E-state index is -0.441. The summed E-state index contributed by atoms with van der Waals surface area (Å²) in [6.45, 7) is 0. The number of Topliss-reactive ketones (excluding diaryl/α,β-unsaturated/α-hetero) is 2. The summed E-state index contributed by atoms with van der Waals surface area (Å²) in [7, 11) is 0. The lowest BCUT2D eigenvalue weighted by Gasteiger charge is -2.03. The molecular weight excluding hydrogens is 313 g/mol. The molecule has 5 heteroatoms. The summed E-state index contributed by atoms with van der Waals surface area (Å²) < 4.78 is 13.3. The van der Waals surface area contributed by atoms with E-state index in [9.17, 15) is 14.0 Å². The Hall–Kier alpha value is -1.88. The Kier molecular flexibility index (Phi) is 4.16. The molecule has 0 spiro atoms. The van der Waals surface area contributed by atoms with Crippen LogP contribution < -0.4 is 0 Å². The fraction of sp³-hybridized carbons (Fsp3) is 0.0714. The molecule has 2 rings (SSSR count). The molecule has 96 valence electrons. The zero-order valence-electron chi connectivity index (χ0n) is 9.77. The Labute approximate surface area is 117 Å². The summed E-state index contributed by atoms with van der Waals surface area (Å²) >= 11 is 3.11. The van der Waals surface area contributed by atoms with Crippen molar-refractivity contribution in [1.82, 2.24) is 4.98 Å². The second kappa shape index (κ2) is 5.84. The molecule has 1 aromatic carbocycles. The third-order valence-electron chi connectivity index (χ3n) is 2.55. The van der Waals surface area contributed by atoms with Gasteiger partial charge in [0.05, 0.1) is 6.42 Å². The van der Waals surface area contributed by atoms with Crippen LogP contribution in [-0.2, 0) is 0 Å². The highest BCUT2D eigenvalue weighted by Crippen LogP contribution is 2.20. The number of hydrogen-bond acceptors (Lipinski definition) is 3. The van der Waals surface area contributed by atoms with E-state index in [1.165, 1.54) is 30.6 Å². The quantitative estimate of drug-likeness (QED) is 0.640. The number of hydrogen-bond donors (Lipinski definition) is 0. The van der Waals surface area contributed by atoms with E-state index in [1.807, 2.05) is 0 Å². The van der Waals surface area contributed by atoms with E-state index in [2.05, 4.69) is 20.9 Å². The third-order valence-corrected chi connectivity index (χ3v) is 3.21. The molecule has 0 saturated heterocycles. The Morgan fingerprint density at radius 1 is 1.11 bits per heavy atom. The molecule has 2 aromatic rings. The zero-order chi connectivity index (χ0) is 13.8. The van der Waals surface area contributed by atoms with Crippen molar-refractivity contribution in [3.63, 3.8) is 0 Å². The number of carbonyl (C=O) groups excluding carboxylic acids is 2. The van der Waals surface area contributed by atoms with E-state index in [0.29, 0.717) is 15.6 Å². The van der Waals surface area contributed by atoms with E-state index in [0.717, 1.165) is 0 Å². The van der Waals surface area contributed by atoms with E-state index in [4.69, 9.17) is 0 Å². The molecule has 0 bridgehead atoms. The summed E-state index contributed by atoms with van der Waals surface area (Å²) in [5.41, 5.74) is 0.727. The first-order valence-corrected chi connectivity index (χ1v) is 6.28. The van der Waals surface area contributed by atoms with E-state index in [-0.39, 0.29) is 18.0 Å². The van der Waals surface area contributed by atoms with Crippen molar-refractivity contribution in [2.24, 2.45) is 0 Å². The lowest BCUT2D eigenvalue weighted by atomic mass is 10.0. The number of aromatic nitrogens is 1. The Balaban J connectivity index is 2.15. The maximum Gasteiger partial charge on any atom is 0.171 e. The molecule has 19 heavy (non-hydrogen) atoms. The molecule has 0 unspecified atom stereocenters. The highest BCUT2D eigenvalue weighted by Gasteiger charge is 2.16. The van der Waals surface area contributed by atoms with Crippen molar-refractivity contribution in [3.05, 3.63) is 64.1 Å². The highest BCUT2D eigenvalue weighted by atomic mass is 79.9. The van der Waals surface area contributed by atoms with Gasteiger partial charge in [-0.2, -0.15) is 0 Å². The second-order valence-corrected chi connectivity index (χ2v) is 4.74. The average Bonchev–Trinajstić information content (AvgIpc) is 2.39. The number of pyridine rings is 1. The third kappa shape index (κ3) is 3.32. The molecule has 1 heterocycles. The van der Waals surface area contributed by atoms with Gasteiger partial charge in [0.2, 0.25) is 0 Å². The molecule has 3 nitrogen and oxygen atoms in total. The van der Waals surface area contributed by atoms with Gasteiger partial charge in [0.15, 0.2) is 11.6 Å². The molecule has 0 aliphatic rings. The second-order valence-electron chi connectivity index (χ2n) is 3.88. The number of nitrogens with zero attached hydrogens (tertiary/aromatic N) is 1. The van der Waals surface area contributed by atoms with E-state index < -0.39 is 5.82 Å². The van der Waals surface area contributed by atoms with Crippen LogP contribution in [0.1, 0.15) is 27.1 Å². The first-order chi connectivity index (χ1) is 9.08. The zero-order valence-corrected chi connectivity index (χ0v) is 11.4. The van der Waals surface area contributed by atoms with Crippen LogP contribution in [-0.4, -0.2) is 16.6 Å². The van der Waals surface area contributed by atoms with Gasteiger partial charge in [-0.25, -0.2) is 4.39 Å². The standard InChI is InChI=1S/C14H9BrFNO2/c15-12-7-10(16)1-2-11(12)14(19)8-13(18)9-3-5-17-6-4-9/h1-7H,8H2. The van der Waals surface area contributed by atoms with Crippen molar-refractivity contribution < 1.29 is 14.0 Å². The summed E-state index contributed by atoms with van der Waals surface area (Å²) in [6, 6.07) is 6.85. The molecule has 0 aliphatic heterocycles. The minimum absolute atomic E-state index is 0.256. The number of rotatable bonds is 4. The van der Waals surface area contributed by atoms with Crippen molar-refractivity contribution in [2.75, 3.05) is 0 Å². The van der Waals surface area contributed by atoms with Crippen LogP contribution in [0.15, 0.2) is 47.2 Å². The topological polar surface area (TPSA) is 47.0 Å². The summed E-state index contributed by atoms with van der Waals surface area (Å²) in [5, 5.41) is 0. The van der Waals surface area contributed by atoms with Gasteiger partial charge < -0.3 is 0 Å². The first-order valence-electron chi connectivity index (χ1n) is 5.49. The first kappa shape index (κ1) is 13.5. The van der Waals surface area contributed by atoms with Crippen LogP contribution in [0, 0.1) is 5.82 Å². The Morgan fingerprint density at radius 2 is 1.79 bits per heavy atom. The molecule has 0 saturated carbocycles. The maximum atomic E-state index is 12.9. The predicted octanol–water partition coefficient (Wildman–Crippen LogP) is 3.44. The molecule has 0 atom stereocenters. The molecule has 0 fully saturated rings. The molecule has 0 radical (unpaired) electrons. The van der Waals surface area contributed by atoms with E-state index in [1.54, 1.807) is 12.1 Å². The largest absolute Gasteiger partial charge is 0.294 e. The highest BCUT2D eigenvalue weighted by molar-refractivity contribution is 9.10. The van der Waals surface area contributed by atoms with Crippen LogP contribution >= 0.6 is 15.9 Å². The Morgan fingerprint density at radius 3 is 2.42 bits per heavy atom. The number of ketones is 2. The van der Waals surface area contributed by atoms with Crippen LogP contribution in [0.5, 0.6) is 0 Å². The number of carbonyl (C=O) groups is 2. The smallest absolute Gasteiger partial charge is 0.171 e. The van der Waals surface area contributed by atoms with E-state index >= 15 is 0 Å².